The standard InChI is InChI=1S/C19H25N3O5/c20-12-7-10-16(18(24)25)22-17(23)11-5-2-6-13-21-19(26)27-14-15-8-3-1-4-9-15/h1,3-4,8-9,16H,2,5-7,10-11,13-14H2,(H,21,26)(H,22,23)(H,24,25)/t16-/m1/s1. The highest BCUT2D eigenvalue weighted by Gasteiger charge is 2.18. The highest BCUT2D eigenvalue weighted by atomic mass is 16.5. The van der Waals surface area contributed by atoms with Crippen LogP contribution in [-0.2, 0) is 20.9 Å². The van der Waals surface area contributed by atoms with E-state index in [2.05, 4.69) is 10.6 Å². The van der Waals surface area contributed by atoms with Crippen LogP contribution in [0.3, 0.4) is 0 Å². The molecule has 8 nitrogen and oxygen atoms in total. The minimum atomic E-state index is -1.14. The van der Waals surface area contributed by atoms with Gasteiger partial charge in [0.25, 0.3) is 0 Å². The number of alkyl carbamates (subject to hydrolysis) is 1. The molecule has 0 aliphatic heterocycles. The summed E-state index contributed by atoms with van der Waals surface area (Å²) in [4.78, 5) is 34.3. The van der Waals surface area contributed by atoms with Gasteiger partial charge in [0.15, 0.2) is 0 Å². The molecule has 0 aromatic heterocycles. The Kier molecular flexibility index (Phi) is 10.7. The summed E-state index contributed by atoms with van der Waals surface area (Å²) >= 11 is 0. The molecule has 0 bridgehead atoms. The van der Waals surface area contributed by atoms with Crippen LogP contribution in [0.2, 0.25) is 0 Å². The molecule has 3 N–H and O–H groups in total. The maximum Gasteiger partial charge on any atom is 0.407 e. The van der Waals surface area contributed by atoms with Gasteiger partial charge in [0.05, 0.1) is 6.07 Å². The predicted octanol–water partition coefficient (Wildman–Crippen LogP) is 2.35. The molecule has 0 heterocycles. The summed E-state index contributed by atoms with van der Waals surface area (Å²) in [6.07, 6.45) is 1.85. The van der Waals surface area contributed by atoms with E-state index >= 15 is 0 Å². The number of benzene rings is 1. The van der Waals surface area contributed by atoms with Gasteiger partial charge >= 0.3 is 12.1 Å². The second-order valence-electron chi connectivity index (χ2n) is 5.95. The van der Waals surface area contributed by atoms with Crippen LogP contribution in [0, 0.1) is 11.3 Å². The zero-order valence-corrected chi connectivity index (χ0v) is 15.1. The Morgan fingerprint density at radius 1 is 1.15 bits per heavy atom. The molecule has 0 spiro atoms. The Morgan fingerprint density at radius 2 is 1.89 bits per heavy atom. The van der Waals surface area contributed by atoms with Crippen molar-refractivity contribution >= 4 is 18.0 Å². The van der Waals surface area contributed by atoms with Crippen LogP contribution in [0.25, 0.3) is 0 Å². The Labute approximate surface area is 158 Å². The lowest BCUT2D eigenvalue weighted by Gasteiger charge is -2.12. The quantitative estimate of drug-likeness (QED) is 0.481. The van der Waals surface area contributed by atoms with Gasteiger partial charge in [-0.25, -0.2) is 9.59 Å². The number of rotatable bonds is 12. The largest absolute Gasteiger partial charge is 0.480 e. The van der Waals surface area contributed by atoms with E-state index in [4.69, 9.17) is 15.1 Å². The molecule has 0 unspecified atom stereocenters. The fourth-order valence-corrected chi connectivity index (χ4v) is 2.28. The third-order valence-electron chi connectivity index (χ3n) is 3.74. The first-order chi connectivity index (χ1) is 13.0. The number of nitrogens with zero attached hydrogens (tertiary/aromatic N) is 1. The molecular formula is C19H25N3O5. The first-order valence-electron chi connectivity index (χ1n) is 8.86. The molecule has 0 aliphatic carbocycles. The maximum atomic E-state index is 11.7. The number of amides is 2. The number of carbonyl (C=O) groups is 3. The molecule has 1 aromatic carbocycles. The number of nitriles is 1. The molecule has 0 aliphatic rings. The lowest BCUT2D eigenvalue weighted by atomic mass is 10.1. The summed E-state index contributed by atoms with van der Waals surface area (Å²) in [5, 5.41) is 22.5. The molecule has 27 heavy (non-hydrogen) atoms. The fourth-order valence-electron chi connectivity index (χ4n) is 2.28. The fraction of sp³-hybridized carbons (Fsp3) is 0.474. The van der Waals surface area contributed by atoms with E-state index in [0.717, 1.165) is 5.56 Å². The third-order valence-corrected chi connectivity index (χ3v) is 3.74. The van der Waals surface area contributed by atoms with Gasteiger partial charge in [0, 0.05) is 19.4 Å². The number of nitrogens with one attached hydrogen (secondary N) is 2. The maximum absolute atomic E-state index is 11.7. The van der Waals surface area contributed by atoms with Gasteiger partial charge in [-0.1, -0.05) is 36.8 Å². The number of aliphatic carboxylic acids is 1. The van der Waals surface area contributed by atoms with Crippen molar-refractivity contribution in [2.24, 2.45) is 0 Å². The van der Waals surface area contributed by atoms with Crippen LogP contribution in [0.15, 0.2) is 30.3 Å². The summed E-state index contributed by atoms with van der Waals surface area (Å²) < 4.78 is 5.08. The number of hydrogen-bond donors (Lipinski definition) is 3. The van der Waals surface area contributed by atoms with Crippen LogP contribution >= 0.6 is 0 Å². The number of unbranched alkanes of at least 4 members (excludes halogenated alkanes) is 2. The van der Waals surface area contributed by atoms with Crippen molar-refractivity contribution in [3.8, 4) is 6.07 Å². The van der Waals surface area contributed by atoms with Crippen molar-refractivity contribution in [2.45, 2.75) is 51.2 Å². The van der Waals surface area contributed by atoms with E-state index in [-0.39, 0.29) is 31.8 Å². The summed E-state index contributed by atoms with van der Waals surface area (Å²) in [6, 6.07) is 10.2. The predicted molar refractivity (Wildman–Crippen MR) is 97.5 cm³/mol. The molecule has 1 atom stereocenters. The molecule has 8 heteroatoms. The first-order valence-corrected chi connectivity index (χ1v) is 8.86. The molecule has 0 radical (unpaired) electrons. The van der Waals surface area contributed by atoms with Crippen molar-refractivity contribution in [3.05, 3.63) is 35.9 Å². The van der Waals surface area contributed by atoms with E-state index in [1.165, 1.54) is 0 Å². The number of carboxylic acids is 1. The van der Waals surface area contributed by atoms with Gasteiger partial charge in [-0.2, -0.15) is 5.26 Å². The Hall–Kier alpha value is -3.08. The topological polar surface area (TPSA) is 129 Å². The highest BCUT2D eigenvalue weighted by Crippen LogP contribution is 2.03. The van der Waals surface area contributed by atoms with Crippen molar-refractivity contribution < 1.29 is 24.2 Å². The van der Waals surface area contributed by atoms with Crippen molar-refractivity contribution in [1.29, 1.82) is 5.26 Å². The van der Waals surface area contributed by atoms with Crippen LogP contribution in [-0.4, -0.2) is 35.7 Å². The van der Waals surface area contributed by atoms with E-state index in [9.17, 15) is 14.4 Å². The molecule has 0 saturated heterocycles. The Morgan fingerprint density at radius 3 is 2.56 bits per heavy atom. The van der Waals surface area contributed by atoms with Crippen molar-refractivity contribution in [1.82, 2.24) is 10.6 Å². The average Bonchev–Trinajstić information content (AvgIpc) is 2.66. The molecule has 1 rings (SSSR count). The SMILES string of the molecule is N#CCC[C@@H](NC(=O)CCCCCNC(=O)OCc1ccccc1)C(=O)O. The van der Waals surface area contributed by atoms with E-state index < -0.39 is 18.1 Å². The Bertz CT molecular complexity index is 642. The van der Waals surface area contributed by atoms with Gasteiger partial charge in [0.2, 0.25) is 5.91 Å². The number of carbonyl (C=O) groups excluding carboxylic acids is 2. The van der Waals surface area contributed by atoms with E-state index in [0.29, 0.717) is 25.8 Å². The zero-order chi connectivity index (χ0) is 19.9. The minimum Gasteiger partial charge on any atom is -0.480 e. The van der Waals surface area contributed by atoms with Gasteiger partial charge in [0.1, 0.15) is 12.6 Å². The Balaban J connectivity index is 2.07. The van der Waals surface area contributed by atoms with Crippen LogP contribution in [0.4, 0.5) is 4.79 Å². The molecule has 1 aromatic rings. The van der Waals surface area contributed by atoms with Gasteiger partial charge in [-0.3, -0.25) is 4.79 Å². The van der Waals surface area contributed by atoms with Gasteiger partial charge < -0.3 is 20.5 Å². The first kappa shape index (κ1) is 22.0. The van der Waals surface area contributed by atoms with Crippen molar-refractivity contribution in [2.75, 3.05) is 6.54 Å². The lowest BCUT2D eigenvalue weighted by Crippen LogP contribution is -2.40. The summed E-state index contributed by atoms with van der Waals surface area (Å²) in [5.41, 5.74) is 0.910. The molecule has 146 valence electrons. The normalized spacial score (nSPS) is 11.1. The van der Waals surface area contributed by atoms with E-state index in [1.54, 1.807) is 0 Å². The smallest absolute Gasteiger partial charge is 0.407 e. The summed E-state index contributed by atoms with van der Waals surface area (Å²) in [7, 11) is 0. The number of carboxylic acid groups (broad SMARTS) is 1. The molecule has 0 fully saturated rings. The number of hydrogen-bond acceptors (Lipinski definition) is 5. The summed E-state index contributed by atoms with van der Waals surface area (Å²) in [6.45, 7) is 0.651. The number of ether oxygens (including phenoxy) is 1. The van der Waals surface area contributed by atoms with Crippen LogP contribution < -0.4 is 10.6 Å². The second kappa shape index (κ2) is 13.2. The second-order valence-corrected chi connectivity index (χ2v) is 5.95. The van der Waals surface area contributed by atoms with Gasteiger partial charge in [-0.05, 0) is 24.8 Å². The minimum absolute atomic E-state index is 0.0727. The molecule has 2 amide bonds. The zero-order valence-electron chi connectivity index (χ0n) is 15.1. The van der Waals surface area contributed by atoms with Crippen LogP contribution in [0.5, 0.6) is 0 Å². The lowest BCUT2D eigenvalue weighted by molar-refractivity contribution is -0.142. The average molecular weight is 375 g/mol. The van der Waals surface area contributed by atoms with E-state index in [1.807, 2.05) is 36.4 Å². The van der Waals surface area contributed by atoms with Gasteiger partial charge in [-0.15, -0.1) is 0 Å². The highest BCUT2D eigenvalue weighted by molar-refractivity contribution is 5.83. The third kappa shape index (κ3) is 10.5. The monoisotopic (exact) mass is 375 g/mol. The summed E-state index contributed by atoms with van der Waals surface area (Å²) in [5.74, 6) is -1.49. The molecule has 0 saturated carbocycles. The van der Waals surface area contributed by atoms with Crippen LogP contribution in [0.1, 0.15) is 44.1 Å². The molecular weight excluding hydrogens is 350 g/mol. The van der Waals surface area contributed by atoms with Crippen molar-refractivity contribution in [3.63, 3.8) is 0 Å².